The van der Waals surface area contributed by atoms with E-state index >= 15 is 0 Å². The largest absolute Gasteiger partial charge is 0.463 e. The zero-order chi connectivity index (χ0) is 26.3. The molecule has 1 aromatic carbocycles. The predicted molar refractivity (Wildman–Crippen MR) is 119 cm³/mol. The van der Waals surface area contributed by atoms with Crippen LogP contribution in [0.1, 0.15) is 53.0 Å². The van der Waals surface area contributed by atoms with E-state index in [4.69, 9.17) is 28.4 Å². The summed E-state index contributed by atoms with van der Waals surface area (Å²) < 4.78 is 32.8. The molecular weight excluding hydrogens is 464 g/mol. The third kappa shape index (κ3) is 8.06. The van der Waals surface area contributed by atoms with Gasteiger partial charge in [-0.15, -0.1) is 0 Å². The molecular formula is C24H30O11. The van der Waals surface area contributed by atoms with Crippen molar-refractivity contribution in [2.45, 2.75) is 78.2 Å². The van der Waals surface area contributed by atoms with Crippen LogP contribution in [0.15, 0.2) is 29.1 Å². The molecule has 11 heteroatoms. The molecule has 2 rings (SSSR count). The van der Waals surface area contributed by atoms with Gasteiger partial charge in [-0.1, -0.05) is 26.0 Å². The Morgan fingerprint density at radius 3 is 1.97 bits per heavy atom. The summed E-state index contributed by atoms with van der Waals surface area (Å²) in [5, 5.41) is 0. The Kier molecular flexibility index (Phi) is 9.76. The smallest absolute Gasteiger partial charge is 0.303 e. The lowest BCUT2D eigenvalue weighted by Crippen LogP contribution is -2.63. The minimum atomic E-state index is -1.48. The van der Waals surface area contributed by atoms with Gasteiger partial charge in [0, 0.05) is 27.7 Å². The summed E-state index contributed by atoms with van der Waals surface area (Å²) in [4.78, 5) is 59.7. The molecule has 35 heavy (non-hydrogen) atoms. The number of ether oxygens (including phenoxy) is 6. The van der Waals surface area contributed by atoms with Gasteiger partial charge in [0.15, 0.2) is 18.0 Å². The van der Waals surface area contributed by atoms with E-state index in [1.807, 2.05) is 13.8 Å². The summed E-state index contributed by atoms with van der Waals surface area (Å²) in [6, 6.07) is 6.16. The van der Waals surface area contributed by atoms with Gasteiger partial charge in [0.25, 0.3) is 0 Å². The third-order valence-corrected chi connectivity index (χ3v) is 4.93. The van der Waals surface area contributed by atoms with Crippen molar-refractivity contribution in [3.05, 3.63) is 40.1 Å². The quantitative estimate of drug-likeness (QED) is 0.384. The molecule has 1 aliphatic heterocycles. The first-order valence-corrected chi connectivity index (χ1v) is 11.0. The molecule has 0 amide bonds. The Bertz CT molecular complexity index is 1000. The highest BCUT2D eigenvalue weighted by Gasteiger charge is 2.53. The van der Waals surface area contributed by atoms with Gasteiger partial charge >= 0.3 is 23.9 Å². The van der Waals surface area contributed by atoms with E-state index in [0.29, 0.717) is 0 Å². The van der Waals surface area contributed by atoms with E-state index in [9.17, 15) is 24.0 Å². The number of hydrogen-bond acceptors (Lipinski definition) is 11. The van der Waals surface area contributed by atoms with Crippen LogP contribution in [-0.4, -0.2) is 61.2 Å². The lowest BCUT2D eigenvalue weighted by Gasteiger charge is -2.43. The van der Waals surface area contributed by atoms with Crippen LogP contribution in [0.3, 0.4) is 0 Å². The Morgan fingerprint density at radius 2 is 1.43 bits per heavy atom. The second kappa shape index (κ2) is 12.3. The minimum Gasteiger partial charge on any atom is -0.463 e. The summed E-state index contributed by atoms with van der Waals surface area (Å²) in [5.74, 6) is -2.98. The minimum absolute atomic E-state index is 0.0551. The lowest BCUT2D eigenvalue weighted by molar-refractivity contribution is -0.288. The molecule has 192 valence electrons. The maximum absolute atomic E-state index is 12.6. The number of esters is 4. The maximum atomic E-state index is 12.6. The van der Waals surface area contributed by atoms with Gasteiger partial charge in [0.2, 0.25) is 17.8 Å². The molecule has 11 nitrogen and oxygen atoms in total. The standard InChI is InChI=1S/C24H30O11/c1-12(2)17-8-7-9-18(29)19(10-17)34-24-23(33-16(6)28)22(32-15(5)27)21(31-14(4)26)20(35-24)11-30-13(3)25/h7-10,12,20-24H,11H2,1-6H3/t20-,21-,22+,23-,24-/m1/s1. The summed E-state index contributed by atoms with van der Waals surface area (Å²) in [5.41, 5.74) is 0.303. The summed E-state index contributed by atoms with van der Waals surface area (Å²) >= 11 is 0. The number of hydrogen-bond donors (Lipinski definition) is 0. The lowest BCUT2D eigenvalue weighted by atomic mass is 9.98. The van der Waals surface area contributed by atoms with E-state index in [0.717, 1.165) is 26.3 Å². The molecule has 0 N–H and O–H groups in total. The van der Waals surface area contributed by atoms with Crippen molar-refractivity contribution in [3.8, 4) is 5.75 Å². The highest BCUT2D eigenvalue weighted by atomic mass is 16.7. The van der Waals surface area contributed by atoms with E-state index < -0.39 is 66.6 Å². The van der Waals surface area contributed by atoms with Crippen molar-refractivity contribution in [2.75, 3.05) is 6.61 Å². The van der Waals surface area contributed by atoms with Crippen LogP contribution in [-0.2, 0) is 42.9 Å². The molecule has 0 spiro atoms. The molecule has 0 radical (unpaired) electrons. The molecule has 1 aliphatic rings. The average molecular weight is 494 g/mol. The van der Waals surface area contributed by atoms with E-state index in [2.05, 4.69) is 0 Å². The van der Waals surface area contributed by atoms with Crippen LogP contribution in [0.4, 0.5) is 0 Å². The molecule has 1 aromatic rings. The fraction of sp³-hybridized carbons (Fsp3) is 0.542. The summed E-state index contributed by atoms with van der Waals surface area (Å²) in [7, 11) is 0. The first kappa shape index (κ1) is 27.8. The van der Waals surface area contributed by atoms with E-state index in [-0.39, 0.29) is 11.7 Å². The summed E-state index contributed by atoms with van der Waals surface area (Å²) in [6.45, 7) is 7.98. The fourth-order valence-corrected chi connectivity index (χ4v) is 3.46. The first-order valence-electron chi connectivity index (χ1n) is 11.0. The second-order valence-electron chi connectivity index (χ2n) is 8.24. The molecule has 1 saturated heterocycles. The van der Waals surface area contributed by atoms with Crippen LogP contribution < -0.4 is 10.2 Å². The molecule has 0 aliphatic carbocycles. The zero-order valence-electron chi connectivity index (χ0n) is 20.5. The Labute approximate surface area is 202 Å². The van der Waals surface area contributed by atoms with Gasteiger partial charge in [0.1, 0.15) is 12.7 Å². The van der Waals surface area contributed by atoms with Crippen molar-refractivity contribution in [1.29, 1.82) is 0 Å². The topological polar surface area (TPSA) is 141 Å². The third-order valence-electron chi connectivity index (χ3n) is 4.93. The van der Waals surface area contributed by atoms with Gasteiger partial charge in [-0.25, -0.2) is 0 Å². The monoisotopic (exact) mass is 494 g/mol. The first-order chi connectivity index (χ1) is 16.4. The van der Waals surface area contributed by atoms with Gasteiger partial charge < -0.3 is 28.4 Å². The van der Waals surface area contributed by atoms with Gasteiger partial charge in [-0.05, 0) is 23.6 Å². The zero-order valence-corrected chi connectivity index (χ0v) is 20.5. The van der Waals surface area contributed by atoms with Gasteiger partial charge in [-0.3, -0.25) is 24.0 Å². The molecule has 5 atom stereocenters. The SMILES string of the molecule is CC(=O)OC[C@H]1O[C@@H](Oc2cc(C(C)C)cccc2=O)[C@H](OC(C)=O)[C@@H](OC(C)=O)[C@@H]1OC(C)=O. The number of carbonyl (C=O) groups is 4. The number of rotatable bonds is 8. The number of carbonyl (C=O) groups excluding carboxylic acids is 4. The van der Waals surface area contributed by atoms with Crippen LogP contribution in [0.5, 0.6) is 5.75 Å². The molecule has 1 heterocycles. The predicted octanol–water partition coefficient (Wildman–Crippen LogP) is 1.63. The Morgan fingerprint density at radius 1 is 0.857 bits per heavy atom. The second-order valence-corrected chi connectivity index (χ2v) is 8.24. The van der Waals surface area contributed by atoms with Crippen molar-refractivity contribution in [3.63, 3.8) is 0 Å². The van der Waals surface area contributed by atoms with Crippen LogP contribution in [0, 0.1) is 0 Å². The van der Waals surface area contributed by atoms with Crippen LogP contribution in [0.25, 0.3) is 0 Å². The van der Waals surface area contributed by atoms with Crippen molar-refractivity contribution < 1.29 is 47.6 Å². The molecule has 0 unspecified atom stereocenters. The highest BCUT2D eigenvalue weighted by Crippen LogP contribution is 2.30. The van der Waals surface area contributed by atoms with Crippen molar-refractivity contribution in [1.82, 2.24) is 0 Å². The Hall–Kier alpha value is -3.47. The van der Waals surface area contributed by atoms with Gasteiger partial charge in [-0.2, -0.15) is 0 Å². The molecule has 1 fully saturated rings. The molecule has 0 aromatic heterocycles. The van der Waals surface area contributed by atoms with E-state index in [1.165, 1.54) is 19.1 Å². The maximum Gasteiger partial charge on any atom is 0.303 e. The van der Waals surface area contributed by atoms with Crippen molar-refractivity contribution >= 4 is 23.9 Å². The highest BCUT2D eigenvalue weighted by molar-refractivity contribution is 5.68. The Balaban J connectivity index is 2.57. The van der Waals surface area contributed by atoms with E-state index in [1.54, 1.807) is 12.1 Å². The van der Waals surface area contributed by atoms with Crippen LogP contribution in [0.2, 0.25) is 0 Å². The van der Waals surface area contributed by atoms with Gasteiger partial charge in [0.05, 0.1) is 0 Å². The van der Waals surface area contributed by atoms with Crippen molar-refractivity contribution in [2.24, 2.45) is 0 Å². The van der Waals surface area contributed by atoms with Crippen LogP contribution >= 0.6 is 0 Å². The molecule has 0 saturated carbocycles. The fourth-order valence-electron chi connectivity index (χ4n) is 3.46. The molecule has 0 bridgehead atoms. The average Bonchev–Trinajstić information content (AvgIpc) is 2.91. The summed E-state index contributed by atoms with van der Waals surface area (Å²) in [6.07, 6.45) is -6.80. The normalized spacial score (nSPS) is 23.7.